The fourth-order valence-electron chi connectivity index (χ4n) is 3.55. The van der Waals surface area contributed by atoms with Gasteiger partial charge in [-0.1, -0.05) is 35.9 Å². The molecule has 0 fully saturated rings. The molecule has 1 N–H and O–H groups in total. The molecule has 2 aromatic rings. The first-order chi connectivity index (χ1) is 9.75. The van der Waals surface area contributed by atoms with E-state index in [1.165, 1.54) is 16.0 Å². The van der Waals surface area contributed by atoms with Crippen molar-refractivity contribution in [3.8, 4) is 0 Å². The van der Waals surface area contributed by atoms with Gasteiger partial charge in [0.25, 0.3) is 0 Å². The topological polar surface area (TPSA) is 12.0 Å². The largest absolute Gasteiger partial charge is 0.376 e. The molecule has 3 unspecified atom stereocenters. The van der Waals surface area contributed by atoms with Crippen LogP contribution in [0, 0.1) is 12.8 Å². The maximum atomic E-state index is 6.42. The van der Waals surface area contributed by atoms with E-state index in [0.29, 0.717) is 17.9 Å². The zero-order valence-electron chi connectivity index (χ0n) is 11.3. The van der Waals surface area contributed by atoms with E-state index in [1.54, 1.807) is 0 Å². The van der Waals surface area contributed by atoms with Crippen LogP contribution in [0.4, 0.5) is 5.69 Å². The lowest BCUT2D eigenvalue weighted by molar-refractivity contribution is 0.429. The van der Waals surface area contributed by atoms with Crippen molar-refractivity contribution in [1.29, 1.82) is 0 Å². The van der Waals surface area contributed by atoms with Gasteiger partial charge in [0, 0.05) is 10.8 Å². The first-order valence-electron chi connectivity index (χ1n) is 7.01. The predicted octanol–water partition coefficient (Wildman–Crippen LogP) is 5.54. The van der Waals surface area contributed by atoms with Crippen LogP contribution in [-0.4, -0.2) is 0 Å². The summed E-state index contributed by atoms with van der Waals surface area (Å²) in [5.74, 6) is 1.11. The molecule has 102 valence electrons. The molecule has 0 spiro atoms. The number of aryl methyl sites for hydroxylation is 1. The average Bonchev–Trinajstić information content (AvgIpc) is 3.07. The quantitative estimate of drug-likeness (QED) is 0.682. The summed E-state index contributed by atoms with van der Waals surface area (Å²) in [5, 5.41) is 6.74. The van der Waals surface area contributed by atoms with E-state index in [-0.39, 0.29) is 0 Å². The summed E-state index contributed by atoms with van der Waals surface area (Å²) in [6.45, 7) is 2.20. The third-order valence-electron chi connectivity index (χ3n) is 4.53. The first kappa shape index (κ1) is 12.5. The minimum atomic E-state index is 0.377. The molecule has 20 heavy (non-hydrogen) atoms. The summed E-state index contributed by atoms with van der Waals surface area (Å²) < 4.78 is 0. The average molecular weight is 302 g/mol. The highest BCUT2D eigenvalue weighted by Gasteiger charge is 2.39. The second-order valence-corrected chi connectivity index (χ2v) is 7.00. The minimum Gasteiger partial charge on any atom is -0.376 e. The summed E-state index contributed by atoms with van der Waals surface area (Å²) in [4.78, 5) is 1.45. The Balaban J connectivity index is 1.85. The molecule has 1 aromatic heterocycles. The molecule has 3 atom stereocenters. The van der Waals surface area contributed by atoms with Crippen molar-refractivity contribution in [2.24, 2.45) is 5.92 Å². The summed E-state index contributed by atoms with van der Waals surface area (Å²) in [5.41, 5.74) is 3.86. The predicted molar refractivity (Wildman–Crippen MR) is 86.9 cm³/mol. The normalized spacial score (nSPS) is 27.0. The lowest BCUT2D eigenvalue weighted by Gasteiger charge is -2.37. The number of hydrogen-bond donors (Lipinski definition) is 1. The van der Waals surface area contributed by atoms with Gasteiger partial charge in [-0.25, -0.2) is 0 Å². The van der Waals surface area contributed by atoms with Crippen molar-refractivity contribution in [3.63, 3.8) is 0 Å². The van der Waals surface area contributed by atoms with Crippen LogP contribution >= 0.6 is 22.9 Å². The van der Waals surface area contributed by atoms with E-state index >= 15 is 0 Å². The number of hydrogen-bond acceptors (Lipinski definition) is 2. The number of rotatable bonds is 1. The first-order valence-corrected chi connectivity index (χ1v) is 8.27. The number of benzene rings is 1. The lowest BCUT2D eigenvalue weighted by Crippen LogP contribution is -2.29. The highest BCUT2D eigenvalue weighted by molar-refractivity contribution is 7.10. The Bertz CT molecular complexity index is 688. The van der Waals surface area contributed by atoms with Gasteiger partial charge in [-0.05, 0) is 47.9 Å². The molecular formula is C17H16ClNS. The van der Waals surface area contributed by atoms with Crippen molar-refractivity contribution in [2.45, 2.75) is 25.3 Å². The Labute approximate surface area is 128 Å². The SMILES string of the molecule is Cc1ccsc1C1Nc2c(Cl)cccc2C2C=CCC21. The molecule has 0 radical (unpaired) electrons. The zero-order chi connectivity index (χ0) is 13.7. The van der Waals surface area contributed by atoms with E-state index < -0.39 is 0 Å². The van der Waals surface area contributed by atoms with E-state index in [0.717, 1.165) is 17.1 Å². The zero-order valence-corrected chi connectivity index (χ0v) is 12.8. The van der Waals surface area contributed by atoms with Crippen LogP contribution in [0.5, 0.6) is 0 Å². The Kier molecular flexibility index (Phi) is 2.90. The van der Waals surface area contributed by atoms with Crippen molar-refractivity contribution in [3.05, 3.63) is 62.8 Å². The number of halogens is 1. The van der Waals surface area contributed by atoms with Gasteiger partial charge < -0.3 is 5.32 Å². The highest BCUT2D eigenvalue weighted by Crippen LogP contribution is 2.52. The molecule has 2 aliphatic rings. The van der Waals surface area contributed by atoms with Crippen molar-refractivity contribution >= 4 is 28.6 Å². The molecular weight excluding hydrogens is 286 g/mol. The maximum Gasteiger partial charge on any atom is 0.0649 e. The third kappa shape index (κ3) is 1.75. The van der Waals surface area contributed by atoms with Gasteiger partial charge in [-0.3, -0.25) is 0 Å². The highest BCUT2D eigenvalue weighted by atomic mass is 35.5. The maximum absolute atomic E-state index is 6.42. The lowest BCUT2D eigenvalue weighted by atomic mass is 9.78. The van der Waals surface area contributed by atoms with Crippen molar-refractivity contribution in [1.82, 2.24) is 0 Å². The number of anilines is 1. The van der Waals surface area contributed by atoms with Crippen LogP contribution in [0.25, 0.3) is 0 Å². The van der Waals surface area contributed by atoms with Crippen molar-refractivity contribution in [2.75, 3.05) is 5.32 Å². The molecule has 0 saturated carbocycles. The summed E-state index contributed by atoms with van der Waals surface area (Å²) in [6, 6.07) is 8.83. The van der Waals surface area contributed by atoms with Gasteiger partial charge in [0.1, 0.15) is 0 Å². The Morgan fingerprint density at radius 2 is 2.20 bits per heavy atom. The molecule has 1 aromatic carbocycles. The van der Waals surface area contributed by atoms with E-state index in [1.807, 2.05) is 17.4 Å². The molecule has 1 aliphatic heterocycles. The minimum absolute atomic E-state index is 0.377. The van der Waals surface area contributed by atoms with Crippen LogP contribution in [0.3, 0.4) is 0 Å². The Morgan fingerprint density at radius 1 is 1.30 bits per heavy atom. The molecule has 3 heteroatoms. The molecule has 1 nitrogen and oxygen atoms in total. The van der Waals surface area contributed by atoms with Gasteiger partial charge in [0.15, 0.2) is 0 Å². The molecule has 0 amide bonds. The second-order valence-electron chi connectivity index (χ2n) is 5.65. The summed E-state index contributed by atoms with van der Waals surface area (Å²) >= 11 is 8.27. The standard InChI is InChI=1S/C17H16ClNS/c1-10-8-9-20-17(10)16-13-5-2-4-11(13)12-6-3-7-14(18)15(12)19-16/h2-4,6-9,11,13,16,19H,5H2,1H3. The molecule has 0 saturated heterocycles. The third-order valence-corrected chi connectivity index (χ3v) is 5.95. The second kappa shape index (κ2) is 4.64. The van der Waals surface area contributed by atoms with Gasteiger partial charge in [0.2, 0.25) is 0 Å². The number of nitrogens with one attached hydrogen (secondary N) is 1. The van der Waals surface area contributed by atoms with E-state index in [4.69, 9.17) is 11.6 Å². The number of para-hydroxylation sites is 1. The molecule has 0 bridgehead atoms. The molecule has 4 rings (SSSR count). The number of allylic oxidation sites excluding steroid dienone is 2. The van der Waals surface area contributed by atoms with Crippen molar-refractivity contribution < 1.29 is 0 Å². The Hall–Kier alpha value is -1.25. The van der Waals surface area contributed by atoms with Gasteiger partial charge in [-0.15, -0.1) is 11.3 Å². The number of thiophene rings is 1. The monoisotopic (exact) mass is 301 g/mol. The number of fused-ring (bicyclic) bond motifs is 3. The summed E-state index contributed by atoms with van der Waals surface area (Å²) in [7, 11) is 0. The molecule has 1 aliphatic carbocycles. The van der Waals surface area contributed by atoms with Crippen LogP contribution < -0.4 is 5.32 Å². The summed E-state index contributed by atoms with van der Waals surface area (Å²) in [6.07, 6.45) is 5.82. The van der Waals surface area contributed by atoms with E-state index in [2.05, 4.69) is 48.0 Å². The van der Waals surface area contributed by atoms with Crippen LogP contribution in [-0.2, 0) is 0 Å². The van der Waals surface area contributed by atoms with Gasteiger partial charge in [-0.2, -0.15) is 0 Å². The fourth-order valence-corrected chi connectivity index (χ4v) is 4.84. The fraction of sp³-hybridized carbons (Fsp3) is 0.294. The van der Waals surface area contributed by atoms with Gasteiger partial charge >= 0.3 is 0 Å². The Morgan fingerprint density at radius 3 is 3.00 bits per heavy atom. The van der Waals surface area contributed by atoms with Crippen LogP contribution in [0.1, 0.15) is 34.4 Å². The van der Waals surface area contributed by atoms with Crippen LogP contribution in [0.15, 0.2) is 41.8 Å². The molecule has 2 heterocycles. The van der Waals surface area contributed by atoms with E-state index in [9.17, 15) is 0 Å². The van der Waals surface area contributed by atoms with Crippen LogP contribution in [0.2, 0.25) is 5.02 Å². The smallest absolute Gasteiger partial charge is 0.0649 e. The van der Waals surface area contributed by atoms with Gasteiger partial charge in [0.05, 0.1) is 16.8 Å².